The minimum Gasteiger partial charge on any atom is -0.244 e. The summed E-state index contributed by atoms with van der Waals surface area (Å²) >= 11 is 0. The van der Waals surface area contributed by atoms with E-state index in [1.54, 1.807) is 4.68 Å². The van der Waals surface area contributed by atoms with Crippen molar-refractivity contribution in [2.75, 3.05) is 0 Å². The molecule has 0 spiro atoms. The summed E-state index contributed by atoms with van der Waals surface area (Å²) in [6.45, 7) is 4.72. The smallest absolute Gasteiger partial charge is 0.190 e. The molecule has 0 atom stereocenters. The van der Waals surface area contributed by atoms with Gasteiger partial charge in [-0.15, -0.1) is 5.10 Å². The van der Waals surface area contributed by atoms with E-state index in [1.165, 1.54) is 5.56 Å². The highest BCUT2D eigenvalue weighted by Crippen LogP contribution is 2.21. The van der Waals surface area contributed by atoms with Crippen LogP contribution in [0.1, 0.15) is 18.2 Å². The molecule has 16 heavy (non-hydrogen) atoms. The van der Waals surface area contributed by atoms with Crippen molar-refractivity contribution in [1.82, 2.24) is 15.0 Å². The highest BCUT2D eigenvalue weighted by atomic mass is 15.4. The van der Waals surface area contributed by atoms with E-state index in [2.05, 4.69) is 16.4 Å². The van der Waals surface area contributed by atoms with Gasteiger partial charge >= 0.3 is 0 Å². The molecule has 0 saturated heterocycles. The molecule has 1 aromatic carbocycles. The van der Waals surface area contributed by atoms with Gasteiger partial charge in [0.25, 0.3) is 0 Å². The van der Waals surface area contributed by atoms with Crippen molar-refractivity contribution >= 4 is 0 Å². The molecule has 0 fully saturated rings. The summed E-state index contributed by atoms with van der Waals surface area (Å²) in [6.07, 6.45) is 0. The first-order chi connectivity index (χ1) is 7.76. The lowest BCUT2D eigenvalue weighted by Gasteiger charge is -2.04. The van der Waals surface area contributed by atoms with E-state index in [4.69, 9.17) is 5.26 Å². The first kappa shape index (κ1) is 10.4. The van der Waals surface area contributed by atoms with Crippen molar-refractivity contribution in [3.63, 3.8) is 0 Å². The summed E-state index contributed by atoms with van der Waals surface area (Å²) < 4.78 is 1.74. The number of aryl methyl sites for hydroxylation is 2. The Bertz CT molecular complexity index is 531. The largest absolute Gasteiger partial charge is 0.244 e. The van der Waals surface area contributed by atoms with Gasteiger partial charge in [0.1, 0.15) is 11.8 Å². The van der Waals surface area contributed by atoms with Crippen LogP contribution in [0.25, 0.3) is 11.3 Å². The summed E-state index contributed by atoms with van der Waals surface area (Å²) in [5.41, 5.74) is 3.35. The molecule has 0 amide bonds. The molecule has 2 aromatic rings. The maximum absolute atomic E-state index is 8.98. The lowest BCUT2D eigenvalue weighted by molar-refractivity contribution is 0.632. The Morgan fingerprint density at radius 3 is 2.56 bits per heavy atom. The zero-order valence-electron chi connectivity index (χ0n) is 9.31. The fraction of sp³-hybridized carbons (Fsp3) is 0.250. The van der Waals surface area contributed by atoms with Crippen LogP contribution in [0, 0.1) is 18.3 Å². The quantitative estimate of drug-likeness (QED) is 0.766. The number of aromatic nitrogens is 3. The van der Waals surface area contributed by atoms with Crippen LogP contribution in [0.5, 0.6) is 0 Å². The van der Waals surface area contributed by atoms with Gasteiger partial charge in [0.05, 0.1) is 0 Å². The summed E-state index contributed by atoms with van der Waals surface area (Å²) in [4.78, 5) is 0. The minimum atomic E-state index is 0.380. The SMILES string of the molecule is CCn1nnc(C#N)c1-c1ccc(C)cc1. The maximum atomic E-state index is 8.98. The molecule has 4 nitrogen and oxygen atoms in total. The van der Waals surface area contributed by atoms with Crippen LogP contribution in [0.15, 0.2) is 24.3 Å². The van der Waals surface area contributed by atoms with E-state index >= 15 is 0 Å². The van der Waals surface area contributed by atoms with Gasteiger partial charge in [0.15, 0.2) is 5.69 Å². The Balaban J connectivity index is 2.58. The van der Waals surface area contributed by atoms with Crippen molar-refractivity contribution < 1.29 is 0 Å². The molecule has 4 heteroatoms. The van der Waals surface area contributed by atoms with E-state index < -0.39 is 0 Å². The lowest BCUT2D eigenvalue weighted by Crippen LogP contribution is -1.99. The molecule has 0 radical (unpaired) electrons. The summed E-state index contributed by atoms with van der Waals surface area (Å²) in [7, 11) is 0. The number of benzene rings is 1. The molecule has 0 saturated carbocycles. The molecule has 1 aromatic heterocycles. The van der Waals surface area contributed by atoms with Crippen LogP contribution < -0.4 is 0 Å². The monoisotopic (exact) mass is 212 g/mol. The minimum absolute atomic E-state index is 0.380. The second-order valence-corrected chi connectivity index (χ2v) is 3.58. The van der Waals surface area contributed by atoms with Crippen LogP contribution in [0.2, 0.25) is 0 Å². The standard InChI is InChI=1S/C12H12N4/c1-3-16-12(11(8-13)14-15-16)10-6-4-9(2)5-7-10/h4-7H,3H2,1-2H3. The number of nitrogens with zero attached hydrogens (tertiary/aromatic N) is 4. The number of hydrogen-bond donors (Lipinski definition) is 0. The van der Waals surface area contributed by atoms with Gasteiger partial charge in [-0.05, 0) is 13.8 Å². The fourth-order valence-corrected chi connectivity index (χ4v) is 1.61. The third-order valence-corrected chi connectivity index (χ3v) is 2.47. The number of rotatable bonds is 2. The highest BCUT2D eigenvalue weighted by Gasteiger charge is 2.13. The van der Waals surface area contributed by atoms with Crippen LogP contribution >= 0.6 is 0 Å². The topological polar surface area (TPSA) is 54.5 Å². The van der Waals surface area contributed by atoms with Gasteiger partial charge in [-0.1, -0.05) is 35.0 Å². The van der Waals surface area contributed by atoms with Gasteiger partial charge in [-0.25, -0.2) is 4.68 Å². The molecule has 0 aliphatic rings. The Labute approximate surface area is 94.1 Å². The normalized spacial score (nSPS) is 10.1. The van der Waals surface area contributed by atoms with E-state index in [9.17, 15) is 0 Å². The van der Waals surface area contributed by atoms with Crippen LogP contribution in [0.4, 0.5) is 0 Å². The molecule has 0 aliphatic carbocycles. The third-order valence-electron chi connectivity index (χ3n) is 2.47. The van der Waals surface area contributed by atoms with Crippen LogP contribution in [-0.2, 0) is 6.54 Å². The molecule has 0 unspecified atom stereocenters. The second kappa shape index (κ2) is 4.15. The van der Waals surface area contributed by atoms with E-state index in [-0.39, 0.29) is 0 Å². The second-order valence-electron chi connectivity index (χ2n) is 3.58. The average Bonchev–Trinajstić information content (AvgIpc) is 2.73. The van der Waals surface area contributed by atoms with Gasteiger partial charge in [-0.3, -0.25) is 0 Å². The molecular formula is C12H12N4. The van der Waals surface area contributed by atoms with Crippen molar-refractivity contribution in [2.24, 2.45) is 0 Å². The Morgan fingerprint density at radius 1 is 1.31 bits per heavy atom. The Hall–Kier alpha value is -2.15. The first-order valence-electron chi connectivity index (χ1n) is 5.17. The predicted molar refractivity (Wildman–Crippen MR) is 60.6 cm³/mol. The number of nitriles is 1. The summed E-state index contributed by atoms with van der Waals surface area (Å²) in [5.74, 6) is 0. The van der Waals surface area contributed by atoms with Crippen molar-refractivity contribution in [3.05, 3.63) is 35.5 Å². The van der Waals surface area contributed by atoms with Crippen LogP contribution in [0.3, 0.4) is 0 Å². The van der Waals surface area contributed by atoms with E-state index in [1.807, 2.05) is 38.1 Å². The maximum Gasteiger partial charge on any atom is 0.190 e. The molecule has 0 aliphatic heterocycles. The lowest BCUT2D eigenvalue weighted by atomic mass is 10.1. The third kappa shape index (κ3) is 1.68. The predicted octanol–water partition coefficient (Wildman–Crippen LogP) is 2.15. The number of hydrogen-bond acceptors (Lipinski definition) is 3. The molecular weight excluding hydrogens is 200 g/mol. The van der Waals surface area contributed by atoms with Gasteiger partial charge in [-0.2, -0.15) is 5.26 Å². The zero-order chi connectivity index (χ0) is 11.5. The van der Waals surface area contributed by atoms with Crippen LogP contribution in [-0.4, -0.2) is 15.0 Å². The average molecular weight is 212 g/mol. The van der Waals surface area contributed by atoms with E-state index in [0.717, 1.165) is 11.3 Å². The molecule has 0 N–H and O–H groups in total. The molecule has 1 heterocycles. The highest BCUT2D eigenvalue weighted by molar-refractivity contribution is 5.64. The summed E-state index contributed by atoms with van der Waals surface area (Å²) in [6, 6.07) is 10.1. The summed E-state index contributed by atoms with van der Waals surface area (Å²) in [5, 5.41) is 16.8. The van der Waals surface area contributed by atoms with Crippen molar-refractivity contribution in [2.45, 2.75) is 20.4 Å². The Kier molecular flexibility index (Phi) is 2.69. The molecule has 2 rings (SSSR count). The van der Waals surface area contributed by atoms with E-state index in [0.29, 0.717) is 12.2 Å². The fourth-order valence-electron chi connectivity index (χ4n) is 1.61. The van der Waals surface area contributed by atoms with Gasteiger partial charge in [0.2, 0.25) is 0 Å². The van der Waals surface area contributed by atoms with Crippen molar-refractivity contribution in [3.8, 4) is 17.3 Å². The molecule has 0 bridgehead atoms. The molecule has 80 valence electrons. The van der Waals surface area contributed by atoms with Crippen molar-refractivity contribution in [1.29, 1.82) is 5.26 Å². The Morgan fingerprint density at radius 2 is 2.00 bits per heavy atom. The zero-order valence-corrected chi connectivity index (χ0v) is 9.31. The first-order valence-corrected chi connectivity index (χ1v) is 5.17. The van der Waals surface area contributed by atoms with Gasteiger partial charge in [0, 0.05) is 12.1 Å². The van der Waals surface area contributed by atoms with Gasteiger partial charge < -0.3 is 0 Å².